The zero-order valence-corrected chi connectivity index (χ0v) is 23.4. The number of hydrogen-bond acceptors (Lipinski definition) is 6. The van der Waals surface area contributed by atoms with Crippen molar-refractivity contribution in [1.29, 1.82) is 0 Å². The van der Waals surface area contributed by atoms with E-state index < -0.39 is 65.5 Å². The number of aryl methyl sites for hydroxylation is 2. The first-order valence-electron chi connectivity index (χ1n) is 13.7. The molecule has 0 saturated heterocycles. The second-order valence-corrected chi connectivity index (χ2v) is 10.2. The quantitative estimate of drug-likeness (QED) is 0.150. The molecule has 0 fully saturated rings. The standard InChI is InChI=1S/C28H33F7N4O4/c1-43-18(14-29)15-39(11-3-2-6-17-8-7-16-5-4-10-36-25(16)37-17)12-9-21(27(41)42)38-26(40)22-19(30)13-20(31)24(32)23(22)28(33,34)35/h7-8,13,18,21H,2-6,9-12,14-15H2,1H3,(H,36,37)(H,38,40)(H,41,42). The van der Waals surface area contributed by atoms with Crippen molar-refractivity contribution in [3.05, 3.63) is 58.0 Å². The molecule has 43 heavy (non-hydrogen) atoms. The third-order valence-corrected chi connectivity index (χ3v) is 7.10. The first kappa shape index (κ1) is 34.0. The molecule has 1 aromatic heterocycles. The predicted molar refractivity (Wildman–Crippen MR) is 142 cm³/mol. The van der Waals surface area contributed by atoms with Crippen molar-refractivity contribution < 1.29 is 50.2 Å². The van der Waals surface area contributed by atoms with Gasteiger partial charge in [-0.2, -0.15) is 13.2 Å². The average molecular weight is 623 g/mol. The van der Waals surface area contributed by atoms with E-state index in [4.69, 9.17) is 4.74 Å². The second-order valence-electron chi connectivity index (χ2n) is 10.2. The number of benzene rings is 1. The number of pyridine rings is 1. The molecule has 15 heteroatoms. The fourth-order valence-electron chi connectivity index (χ4n) is 4.80. The van der Waals surface area contributed by atoms with Crippen molar-refractivity contribution in [3.63, 3.8) is 0 Å². The SMILES string of the molecule is COC(CF)CN(CCCCc1ccc2c(n1)NCCC2)CCC(NC(=O)c1c(F)cc(F)c(F)c1C(F)(F)F)C(=O)O. The number of unbranched alkanes of at least 4 members (excludes halogenated alkanes) is 1. The van der Waals surface area contributed by atoms with Gasteiger partial charge in [0, 0.05) is 38.5 Å². The Labute approximate surface area is 243 Å². The summed E-state index contributed by atoms with van der Waals surface area (Å²) < 4.78 is 100. The number of halogens is 7. The Morgan fingerprint density at radius 3 is 2.56 bits per heavy atom. The molecule has 2 aromatic rings. The summed E-state index contributed by atoms with van der Waals surface area (Å²) in [5.74, 6) is -9.34. The average Bonchev–Trinajstić information content (AvgIpc) is 2.96. The van der Waals surface area contributed by atoms with Gasteiger partial charge in [-0.15, -0.1) is 0 Å². The minimum Gasteiger partial charge on any atom is -0.480 e. The van der Waals surface area contributed by atoms with Gasteiger partial charge in [0.25, 0.3) is 5.91 Å². The molecule has 2 heterocycles. The van der Waals surface area contributed by atoms with Crippen LogP contribution < -0.4 is 10.6 Å². The van der Waals surface area contributed by atoms with E-state index in [0.29, 0.717) is 25.8 Å². The molecule has 2 atom stereocenters. The minimum atomic E-state index is -5.65. The number of carboxylic acids is 1. The smallest absolute Gasteiger partial charge is 0.420 e. The number of alkyl halides is 4. The number of hydrogen-bond donors (Lipinski definition) is 3. The molecule has 1 amide bonds. The number of fused-ring (bicyclic) bond motifs is 1. The van der Waals surface area contributed by atoms with Gasteiger partial charge in [-0.3, -0.25) is 4.79 Å². The summed E-state index contributed by atoms with van der Waals surface area (Å²) in [5, 5.41) is 14.6. The van der Waals surface area contributed by atoms with Crippen LogP contribution in [0.2, 0.25) is 0 Å². The van der Waals surface area contributed by atoms with Gasteiger partial charge in [0.15, 0.2) is 11.6 Å². The number of anilines is 1. The molecule has 1 aliphatic rings. The summed E-state index contributed by atoms with van der Waals surface area (Å²) in [6.07, 6.45) is -2.97. The first-order chi connectivity index (χ1) is 20.3. The Hall–Kier alpha value is -3.46. The summed E-state index contributed by atoms with van der Waals surface area (Å²) in [5.41, 5.74) is -2.31. The van der Waals surface area contributed by atoms with Crippen LogP contribution in [0.3, 0.4) is 0 Å². The van der Waals surface area contributed by atoms with Gasteiger partial charge in [-0.05, 0) is 56.7 Å². The fourth-order valence-corrected chi connectivity index (χ4v) is 4.80. The van der Waals surface area contributed by atoms with Gasteiger partial charge in [0.05, 0.1) is 11.7 Å². The Balaban J connectivity index is 1.66. The fraction of sp³-hybridized carbons (Fsp3) is 0.536. The van der Waals surface area contributed by atoms with Crippen LogP contribution in [0.25, 0.3) is 0 Å². The van der Waals surface area contributed by atoms with E-state index in [1.54, 1.807) is 10.2 Å². The van der Waals surface area contributed by atoms with Crippen LogP contribution in [0.1, 0.15) is 52.9 Å². The highest BCUT2D eigenvalue weighted by Crippen LogP contribution is 2.36. The molecule has 2 unspecified atom stereocenters. The number of aromatic nitrogens is 1. The second kappa shape index (κ2) is 15.3. The van der Waals surface area contributed by atoms with E-state index in [1.807, 2.05) is 12.1 Å². The zero-order valence-electron chi connectivity index (χ0n) is 23.4. The third kappa shape index (κ3) is 9.26. The van der Waals surface area contributed by atoms with Crippen LogP contribution in [-0.4, -0.2) is 79.0 Å². The van der Waals surface area contributed by atoms with Crippen molar-refractivity contribution in [2.45, 2.75) is 56.8 Å². The maximum atomic E-state index is 14.3. The topological polar surface area (TPSA) is 104 Å². The molecule has 1 aromatic carbocycles. The van der Waals surface area contributed by atoms with Gasteiger partial charge in [-0.25, -0.2) is 27.3 Å². The van der Waals surface area contributed by atoms with Crippen molar-refractivity contribution in [2.24, 2.45) is 0 Å². The van der Waals surface area contributed by atoms with E-state index in [9.17, 15) is 45.4 Å². The number of ether oxygens (including phenoxy) is 1. The number of nitrogens with one attached hydrogen (secondary N) is 2. The van der Waals surface area contributed by atoms with E-state index in [1.165, 1.54) is 7.11 Å². The number of carbonyl (C=O) groups excluding carboxylic acids is 1. The van der Waals surface area contributed by atoms with Gasteiger partial charge < -0.3 is 25.4 Å². The van der Waals surface area contributed by atoms with Crippen molar-refractivity contribution in [2.75, 3.05) is 45.3 Å². The number of nitrogens with zero attached hydrogens (tertiary/aromatic N) is 2. The molecule has 0 spiro atoms. The number of carbonyl (C=O) groups is 2. The summed E-state index contributed by atoms with van der Waals surface area (Å²) in [6, 6.07) is 1.93. The van der Waals surface area contributed by atoms with Gasteiger partial charge in [0.2, 0.25) is 0 Å². The van der Waals surface area contributed by atoms with E-state index in [0.717, 1.165) is 36.5 Å². The van der Waals surface area contributed by atoms with Crippen LogP contribution in [-0.2, 0) is 28.5 Å². The lowest BCUT2D eigenvalue weighted by molar-refractivity contribution is -0.140. The summed E-state index contributed by atoms with van der Waals surface area (Å²) in [6.45, 7) is 0.354. The predicted octanol–water partition coefficient (Wildman–Crippen LogP) is 4.76. The number of aliphatic carboxylic acids is 1. The number of methoxy groups -OCH3 is 1. The lowest BCUT2D eigenvalue weighted by Gasteiger charge is -2.27. The normalized spacial score (nSPS) is 14.6. The number of rotatable bonds is 15. The molecular weight excluding hydrogens is 589 g/mol. The molecule has 0 bridgehead atoms. The molecular formula is C28H33F7N4O4. The van der Waals surface area contributed by atoms with E-state index >= 15 is 0 Å². The van der Waals surface area contributed by atoms with Crippen LogP contribution in [0.5, 0.6) is 0 Å². The molecule has 3 N–H and O–H groups in total. The minimum absolute atomic E-state index is 0.0460. The summed E-state index contributed by atoms with van der Waals surface area (Å²) >= 11 is 0. The molecule has 0 aliphatic carbocycles. The van der Waals surface area contributed by atoms with Crippen LogP contribution in [0.4, 0.5) is 36.6 Å². The molecule has 1 aliphatic heterocycles. The van der Waals surface area contributed by atoms with Crippen LogP contribution >= 0.6 is 0 Å². The monoisotopic (exact) mass is 622 g/mol. The molecule has 238 valence electrons. The van der Waals surface area contributed by atoms with Crippen molar-refractivity contribution >= 4 is 17.7 Å². The maximum absolute atomic E-state index is 14.3. The van der Waals surface area contributed by atoms with Crippen molar-refractivity contribution in [3.8, 4) is 0 Å². The molecule has 0 saturated carbocycles. The summed E-state index contributed by atoms with van der Waals surface area (Å²) in [4.78, 5) is 30.7. The third-order valence-electron chi connectivity index (χ3n) is 7.10. The highest BCUT2D eigenvalue weighted by atomic mass is 19.4. The molecule has 0 radical (unpaired) electrons. The lowest BCUT2D eigenvalue weighted by Crippen LogP contribution is -2.45. The summed E-state index contributed by atoms with van der Waals surface area (Å²) in [7, 11) is 1.30. The van der Waals surface area contributed by atoms with E-state index in [2.05, 4.69) is 10.3 Å². The number of amides is 1. The first-order valence-corrected chi connectivity index (χ1v) is 13.7. The van der Waals surface area contributed by atoms with Crippen LogP contribution in [0.15, 0.2) is 18.2 Å². The Morgan fingerprint density at radius 1 is 1.16 bits per heavy atom. The van der Waals surface area contributed by atoms with Gasteiger partial charge in [0.1, 0.15) is 29.9 Å². The van der Waals surface area contributed by atoms with Gasteiger partial charge in [-0.1, -0.05) is 6.07 Å². The largest absolute Gasteiger partial charge is 0.480 e. The Morgan fingerprint density at radius 2 is 1.91 bits per heavy atom. The zero-order chi connectivity index (χ0) is 31.7. The highest BCUT2D eigenvalue weighted by molar-refractivity contribution is 5.98. The maximum Gasteiger partial charge on any atom is 0.420 e. The molecule has 3 rings (SSSR count). The lowest BCUT2D eigenvalue weighted by atomic mass is 10.0. The number of carboxylic acid groups (broad SMARTS) is 1. The Kier molecular flexibility index (Phi) is 12.1. The van der Waals surface area contributed by atoms with E-state index in [-0.39, 0.29) is 25.6 Å². The highest BCUT2D eigenvalue weighted by Gasteiger charge is 2.42. The van der Waals surface area contributed by atoms with Gasteiger partial charge >= 0.3 is 12.1 Å². The van der Waals surface area contributed by atoms with Crippen LogP contribution in [0, 0.1) is 17.5 Å². The molecule has 8 nitrogen and oxygen atoms in total. The van der Waals surface area contributed by atoms with Crippen molar-refractivity contribution in [1.82, 2.24) is 15.2 Å². The Bertz CT molecular complexity index is 1270.